The molecule has 1 aliphatic carbocycles. The molecule has 0 atom stereocenters. The normalized spacial score (nSPS) is 16.3. The van der Waals surface area contributed by atoms with Gasteiger partial charge in [0.25, 0.3) is 0 Å². The van der Waals surface area contributed by atoms with Gasteiger partial charge in [0.2, 0.25) is 0 Å². The van der Waals surface area contributed by atoms with Gasteiger partial charge < -0.3 is 4.74 Å². The van der Waals surface area contributed by atoms with Crippen molar-refractivity contribution in [2.24, 2.45) is 5.41 Å². The van der Waals surface area contributed by atoms with Crippen LogP contribution < -0.4 is 0 Å². The van der Waals surface area contributed by atoms with E-state index in [2.05, 4.69) is 46.9 Å². The third-order valence-corrected chi connectivity index (χ3v) is 5.37. The van der Waals surface area contributed by atoms with Crippen LogP contribution in [-0.4, -0.2) is 18.8 Å². The summed E-state index contributed by atoms with van der Waals surface area (Å²) in [6, 6.07) is 8.62. The number of esters is 1. The molecule has 18 heavy (non-hydrogen) atoms. The first kappa shape index (κ1) is 14.2. The molecule has 1 saturated carbocycles. The molecule has 0 radical (unpaired) electrons. The van der Waals surface area contributed by atoms with E-state index < -0.39 is 0 Å². The maximum absolute atomic E-state index is 11.3. The monoisotopic (exact) mass is 376 g/mol. The first-order chi connectivity index (χ1) is 8.63. The number of thioether (sulfide) groups is 1. The second-order valence-electron chi connectivity index (χ2n) is 4.87. The van der Waals surface area contributed by atoms with Crippen molar-refractivity contribution < 1.29 is 9.53 Å². The summed E-state index contributed by atoms with van der Waals surface area (Å²) >= 11 is 4.24. The van der Waals surface area contributed by atoms with E-state index >= 15 is 0 Å². The molecule has 1 fully saturated rings. The van der Waals surface area contributed by atoms with E-state index in [0.29, 0.717) is 6.42 Å². The van der Waals surface area contributed by atoms with Crippen LogP contribution in [0.5, 0.6) is 0 Å². The number of ether oxygens (including phenoxy) is 1. The molecule has 0 spiro atoms. The quantitative estimate of drug-likeness (QED) is 0.557. The van der Waals surface area contributed by atoms with Crippen LogP contribution in [0, 0.1) is 8.99 Å². The second-order valence-corrected chi connectivity index (χ2v) is 7.10. The van der Waals surface area contributed by atoms with Crippen LogP contribution >= 0.6 is 34.4 Å². The minimum atomic E-state index is -0.0673. The number of rotatable bonds is 6. The maximum atomic E-state index is 11.3. The van der Waals surface area contributed by atoms with Gasteiger partial charge in [0, 0.05) is 9.32 Å². The van der Waals surface area contributed by atoms with Gasteiger partial charge in [0.15, 0.2) is 0 Å². The molecule has 1 aliphatic rings. The van der Waals surface area contributed by atoms with Crippen molar-refractivity contribution in [1.82, 2.24) is 0 Å². The van der Waals surface area contributed by atoms with Crippen molar-refractivity contribution in [3.63, 3.8) is 0 Å². The number of hydrogen-bond acceptors (Lipinski definition) is 3. The molecule has 4 heteroatoms. The highest BCUT2D eigenvalue weighted by Crippen LogP contribution is 2.51. The second kappa shape index (κ2) is 6.28. The fourth-order valence-corrected chi connectivity index (χ4v) is 3.61. The molecule has 0 aromatic heterocycles. The molecule has 0 aliphatic heterocycles. The van der Waals surface area contributed by atoms with Gasteiger partial charge in [-0.1, -0.05) is 12.1 Å². The Morgan fingerprint density at radius 2 is 2.06 bits per heavy atom. The Hall–Kier alpha value is -0.230. The zero-order chi connectivity index (χ0) is 13.0. The minimum absolute atomic E-state index is 0.0673. The summed E-state index contributed by atoms with van der Waals surface area (Å²) in [7, 11) is 1.47. The summed E-state index contributed by atoms with van der Waals surface area (Å²) in [6.07, 6.45) is 2.92. The maximum Gasteiger partial charge on any atom is 0.306 e. The highest BCUT2D eigenvalue weighted by atomic mass is 127. The van der Waals surface area contributed by atoms with Gasteiger partial charge in [-0.05, 0) is 64.3 Å². The lowest BCUT2D eigenvalue weighted by molar-refractivity contribution is -0.141. The van der Waals surface area contributed by atoms with E-state index in [1.54, 1.807) is 0 Å². The molecular formula is C14H17IO2S. The van der Waals surface area contributed by atoms with E-state index in [1.165, 1.54) is 29.1 Å². The van der Waals surface area contributed by atoms with Crippen LogP contribution in [0.1, 0.15) is 24.8 Å². The number of halogens is 1. The molecule has 98 valence electrons. The Kier molecular flexibility index (Phi) is 4.95. The van der Waals surface area contributed by atoms with Crippen molar-refractivity contribution in [2.75, 3.05) is 12.9 Å². The number of methoxy groups -OCH3 is 1. The zero-order valence-corrected chi connectivity index (χ0v) is 13.4. The van der Waals surface area contributed by atoms with E-state index in [9.17, 15) is 4.79 Å². The molecular weight excluding hydrogens is 359 g/mol. The fourth-order valence-electron chi connectivity index (χ4n) is 1.89. The van der Waals surface area contributed by atoms with E-state index in [-0.39, 0.29) is 11.4 Å². The molecule has 0 amide bonds. The summed E-state index contributed by atoms with van der Waals surface area (Å²) in [5, 5.41) is 0. The van der Waals surface area contributed by atoms with Crippen molar-refractivity contribution in [3.05, 3.63) is 33.4 Å². The largest absolute Gasteiger partial charge is 0.469 e. The van der Waals surface area contributed by atoms with E-state index in [4.69, 9.17) is 4.74 Å². The Labute approximate surface area is 126 Å². The predicted octanol–water partition coefficient (Wildman–Crippen LogP) is 3.87. The number of carbonyl (C=O) groups is 1. The van der Waals surface area contributed by atoms with Gasteiger partial charge in [-0.3, -0.25) is 4.79 Å². The Bertz CT molecular complexity index is 412. The minimum Gasteiger partial charge on any atom is -0.469 e. The summed E-state index contributed by atoms with van der Waals surface area (Å²) in [6.45, 7) is 0. The average Bonchev–Trinajstić information content (AvgIpc) is 3.11. The lowest BCUT2D eigenvalue weighted by Gasteiger charge is -2.12. The average molecular weight is 376 g/mol. The molecule has 0 heterocycles. The lowest BCUT2D eigenvalue weighted by atomic mass is 10.1. The topological polar surface area (TPSA) is 26.3 Å². The van der Waals surface area contributed by atoms with Gasteiger partial charge in [0.05, 0.1) is 13.5 Å². The van der Waals surface area contributed by atoms with Gasteiger partial charge >= 0.3 is 5.97 Å². The van der Waals surface area contributed by atoms with Gasteiger partial charge in [-0.15, -0.1) is 0 Å². The van der Waals surface area contributed by atoms with Crippen LogP contribution in [0.4, 0.5) is 0 Å². The van der Waals surface area contributed by atoms with E-state index in [1.807, 2.05) is 11.8 Å². The number of benzene rings is 1. The Morgan fingerprint density at radius 3 is 2.61 bits per heavy atom. The molecule has 0 saturated heterocycles. The third kappa shape index (κ3) is 4.16. The SMILES string of the molecule is COC(=O)CC1(CSCc2ccc(I)cc2)CC1. The smallest absolute Gasteiger partial charge is 0.306 e. The summed E-state index contributed by atoms with van der Waals surface area (Å²) < 4.78 is 6.02. The molecule has 1 aromatic carbocycles. The molecule has 0 bridgehead atoms. The van der Waals surface area contributed by atoms with Crippen LogP contribution in [0.25, 0.3) is 0 Å². The summed E-state index contributed by atoms with van der Waals surface area (Å²) in [4.78, 5) is 11.3. The van der Waals surface area contributed by atoms with Crippen LogP contribution in [0.3, 0.4) is 0 Å². The molecule has 0 N–H and O–H groups in total. The first-order valence-electron chi connectivity index (χ1n) is 6.03. The van der Waals surface area contributed by atoms with Crippen LogP contribution in [-0.2, 0) is 15.3 Å². The van der Waals surface area contributed by atoms with Crippen LogP contribution in [0.2, 0.25) is 0 Å². The predicted molar refractivity (Wildman–Crippen MR) is 83.6 cm³/mol. The molecule has 0 unspecified atom stereocenters. The van der Waals surface area contributed by atoms with Gasteiger partial charge in [-0.25, -0.2) is 0 Å². The van der Waals surface area contributed by atoms with Crippen molar-refractivity contribution in [1.29, 1.82) is 0 Å². The Morgan fingerprint density at radius 1 is 1.39 bits per heavy atom. The molecule has 1 aromatic rings. The third-order valence-electron chi connectivity index (χ3n) is 3.29. The standard InChI is InChI=1S/C14H17IO2S/c1-17-13(16)8-14(6-7-14)10-18-9-11-2-4-12(15)5-3-11/h2-5H,6-10H2,1H3. The molecule has 2 nitrogen and oxygen atoms in total. The molecule has 2 rings (SSSR count). The fraction of sp³-hybridized carbons (Fsp3) is 0.500. The highest BCUT2D eigenvalue weighted by molar-refractivity contribution is 14.1. The van der Waals surface area contributed by atoms with Crippen molar-refractivity contribution in [2.45, 2.75) is 25.0 Å². The highest BCUT2D eigenvalue weighted by Gasteiger charge is 2.44. The number of hydrogen-bond donors (Lipinski definition) is 0. The van der Waals surface area contributed by atoms with Crippen molar-refractivity contribution in [3.8, 4) is 0 Å². The van der Waals surface area contributed by atoms with Crippen LogP contribution in [0.15, 0.2) is 24.3 Å². The zero-order valence-electron chi connectivity index (χ0n) is 10.4. The van der Waals surface area contributed by atoms with E-state index in [0.717, 1.165) is 11.5 Å². The van der Waals surface area contributed by atoms with Gasteiger partial charge in [-0.2, -0.15) is 11.8 Å². The Balaban J connectivity index is 1.75. The van der Waals surface area contributed by atoms with Crippen molar-refractivity contribution >= 4 is 40.3 Å². The van der Waals surface area contributed by atoms with Gasteiger partial charge in [0.1, 0.15) is 0 Å². The first-order valence-corrected chi connectivity index (χ1v) is 8.26. The number of carbonyl (C=O) groups excluding carboxylic acids is 1. The lowest BCUT2D eigenvalue weighted by Crippen LogP contribution is -2.13. The summed E-state index contributed by atoms with van der Waals surface area (Å²) in [5.41, 5.74) is 1.59. The summed E-state index contributed by atoms with van der Waals surface area (Å²) in [5.74, 6) is 2.02.